The molecule has 0 aliphatic rings. The van der Waals surface area contributed by atoms with Gasteiger partial charge in [-0.2, -0.15) is 0 Å². The van der Waals surface area contributed by atoms with Gasteiger partial charge in [0.05, 0.1) is 5.39 Å². The Morgan fingerprint density at radius 3 is 2.80 bits per heavy atom. The van der Waals surface area contributed by atoms with Crippen molar-refractivity contribution in [3.8, 4) is 0 Å². The van der Waals surface area contributed by atoms with E-state index in [0.29, 0.717) is 17.5 Å². The molecule has 5 nitrogen and oxygen atoms in total. The van der Waals surface area contributed by atoms with Crippen LogP contribution in [0.2, 0.25) is 0 Å². The van der Waals surface area contributed by atoms with E-state index in [9.17, 15) is 0 Å². The smallest absolute Gasteiger partial charge is 0.168 e. The first kappa shape index (κ1) is 9.76. The predicted molar refractivity (Wildman–Crippen MR) is 58.6 cm³/mol. The molecule has 2 rings (SSSR count). The third-order valence-electron chi connectivity index (χ3n) is 1.91. The number of nitrogens with one attached hydrogen (secondary N) is 1. The Bertz CT molecular complexity index is 480. The van der Waals surface area contributed by atoms with Crippen LogP contribution in [0.1, 0.15) is 19.7 Å². The van der Waals surface area contributed by atoms with E-state index in [2.05, 4.69) is 39.1 Å². The summed E-state index contributed by atoms with van der Waals surface area (Å²) < 4.78 is 0. The van der Waals surface area contributed by atoms with Crippen molar-refractivity contribution in [2.24, 2.45) is 0 Å². The summed E-state index contributed by atoms with van der Waals surface area (Å²) in [5.41, 5.74) is 0.681. The fourth-order valence-electron chi connectivity index (χ4n) is 1.36. The van der Waals surface area contributed by atoms with Crippen LogP contribution in [0.5, 0.6) is 0 Å². The van der Waals surface area contributed by atoms with Crippen LogP contribution in [0.15, 0.2) is 12.5 Å². The lowest BCUT2D eigenvalue weighted by Gasteiger charge is -2.11. The van der Waals surface area contributed by atoms with Gasteiger partial charge in [-0.15, -0.1) is 0 Å². The zero-order chi connectivity index (χ0) is 10.8. The van der Waals surface area contributed by atoms with Gasteiger partial charge in [0.15, 0.2) is 5.65 Å². The van der Waals surface area contributed by atoms with Gasteiger partial charge in [-0.1, -0.05) is 0 Å². The van der Waals surface area contributed by atoms with Crippen LogP contribution in [-0.2, 0) is 0 Å². The fraction of sp³-hybridized carbons (Fsp3) is 0.400. The number of anilines is 1. The molecule has 0 atom stereocenters. The summed E-state index contributed by atoms with van der Waals surface area (Å²) in [7, 11) is 0. The molecule has 0 saturated carbocycles. The number of hydrogen-bond acceptors (Lipinski definition) is 5. The van der Waals surface area contributed by atoms with Gasteiger partial charge in [-0.3, -0.25) is 0 Å². The Morgan fingerprint density at radius 1 is 1.27 bits per heavy atom. The van der Waals surface area contributed by atoms with Crippen molar-refractivity contribution in [3.63, 3.8) is 0 Å². The largest absolute Gasteiger partial charge is 0.367 e. The van der Waals surface area contributed by atoms with Gasteiger partial charge in [-0.05, 0) is 20.8 Å². The van der Waals surface area contributed by atoms with Gasteiger partial charge in [0.1, 0.15) is 18.0 Å². The molecular weight excluding hydrogens is 190 g/mol. The van der Waals surface area contributed by atoms with Crippen molar-refractivity contribution >= 4 is 16.9 Å². The summed E-state index contributed by atoms with van der Waals surface area (Å²) in [5, 5.41) is 4.12. The van der Waals surface area contributed by atoms with E-state index in [1.165, 1.54) is 6.33 Å². The molecule has 78 valence electrons. The van der Waals surface area contributed by atoms with Crippen LogP contribution in [0.25, 0.3) is 11.0 Å². The van der Waals surface area contributed by atoms with Crippen LogP contribution in [0.4, 0.5) is 5.82 Å². The highest BCUT2D eigenvalue weighted by atomic mass is 15.1. The quantitative estimate of drug-likeness (QED) is 0.802. The summed E-state index contributed by atoms with van der Waals surface area (Å²) in [6, 6.07) is 0.322. The van der Waals surface area contributed by atoms with E-state index >= 15 is 0 Å². The third-order valence-corrected chi connectivity index (χ3v) is 1.91. The molecule has 15 heavy (non-hydrogen) atoms. The molecule has 5 heteroatoms. The molecule has 0 bridgehead atoms. The first-order valence-corrected chi connectivity index (χ1v) is 4.87. The van der Waals surface area contributed by atoms with E-state index in [1.807, 2.05) is 6.92 Å². The zero-order valence-electron chi connectivity index (χ0n) is 9.02. The van der Waals surface area contributed by atoms with Gasteiger partial charge in [0.2, 0.25) is 0 Å². The second-order valence-corrected chi connectivity index (χ2v) is 3.68. The Morgan fingerprint density at radius 2 is 2.07 bits per heavy atom. The maximum atomic E-state index is 4.34. The summed E-state index contributed by atoms with van der Waals surface area (Å²) in [6.45, 7) is 5.98. The van der Waals surface area contributed by atoms with E-state index in [4.69, 9.17) is 0 Å². The Balaban J connectivity index is 2.60. The second-order valence-electron chi connectivity index (χ2n) is 3.68. The lowest BCUT2D eigenvalue weighted by atomic mass is 10.3. The van der Waals surface area contributed by atoms with E-state index < -0.39 is 0 Å². The van der Waals surface area contributed by atoms with E-state index in [-0.39, 0.29) is 0 Å². The molecule has 0 aliphatic carbocycles. The third kappa shape index (κ3) is 2.01. The average molecular weight is 203 g/mol. The van der Waals surface area contributed by atoms with Gasteiger partial charge in [0, 0.05) is 12.2 Å². The molecule has 0 aromatic carbocycles. The minimum absolute atomic E-state index is 0.322. The summed E-state index contributed by atoms with van der Waals surface area (Å²) >= 11 is 0. The first-order valence-electron chi connectivity index (χ1n) is 4.87. The number of fused-ring (bicyclic) bond motifs is 1. The molecule has 2 aromatic rings. The first-order chi connectivity index (χ1) is 7.16. The van der Waals surface area contributed by atoms with Crippen molar-refractivity contribution < 1.29 is 0 Å². The maximum Gasteiger partial charge on any atom is 0.168 e. The standard InChI is InChI=1S/C10H13N5/c1-6(2)13-10-8-4-11-5-12-9(8)14-7(3)15-10/h4-6H,1-3H3,(H,11,12,13,14,15). The molecule has 0 spiro atoms. The highest BCUT2D eigenvalue weighted by Crippen LogP contribution is 2.17. The summed E-state index contributed by atoms with van der Waals surface area (Å²) in [4.78, 5) is 16.7. The lowest BCUT2D eigenvalue weighted by Crippen LogP contribution is -2.12. The normalized spacial score (nSPS) is 10.9. The average Bonchev–Trinajstić information content (AvgIpc) is 2.16. The number of nitrogens with zero attached hydrogens (tertiary/aromatic N) is 4. The van der Waals surface area contributed by atoms with Crippen molar-refractivity contribution in [2.75, 3.05) is 5.32 Å². The molecule has 2 heterocycles. The van der Waals surface area contributed by atoms with Gasteiger partial charge < -0.3 is 5.32 Å². The fourth-order valence-corrected chi connectivity index (χ4v) is 1.36. The molecule has 2 aromatic heterocycles. The molecule has 0 amide bonds. The monoisotopic (exact) mass is 203 g/mol. The van der Waals surface area contributed by atoms with Gasteiger partial charge >= 0.3 is 0 Å². The van der Waals surface area contributed by atoms with E-state index in [1.54, 1.807) is 6.20 Å². The van der Waals surface area contributed by atoms with Gasteiger partial charge in [-0.25, -0.2) is 19.9 Å². The predicted octanol–water partition coefficient (Wildman–Crippen LogP) is 1.55. The topological polar surface area (TPSA) is 63.6 Å². The van der Waals surface area contributed by atoms with Crippen molar-refractivity contribution in [1.29, 1.82) is 0 Å². The van der Waals surface area contributed by atoms with Crippen molar-refractivity contribution in [1.82, 2.24) is 19.9 Å². The molecule has 0 radical (unpaired) electrons. The number of aromatic nitrogens is 4. The highest BCUT2D eigenvalue weighted by Gasteiger charge is 2.07. The van der Waals surface area contributed by atoms with Crippen LogP contribution in [0.3, 0.4) is 0 Å². The Labute approximate surface area is 88.0 Å². The molecule has 0 aliphatic heterocycles. The van der Waals surface area contributed by atoms with Crippen molar-refractivity contribution in [3.05, 3.63) is 18.3 Å². The van der Waals surface area contributed by atoms with E-state index in [0.717, 1.165) is 11.2 Å². The lowest BCUT2D eigenvalue weighted by molar-refractivity contribution is 0.885. The highest BCUT2D eigenvalue weighted by molar-refractivity contribution is 5.85. The second kappa shape index (κ2) is 3.76. The molecular formula is C10H13N5. The summed E-state index contributed by atoms with van der Waals surface area (Å²) in [6.07, 6.45) is 3.22. The molecule has 1 N–H and O–H groups in total. The number of aryl methyl sites for hydroxylation is 1. The molecule has 0 saturated heterocycles. The maximum absolute atomic E-state index is 4.34. The van der Waals surface area contributed by atoms with Crippen LogP contribution in [-0.4, -0.2) is 26.0 Å². The SMILES string of the molecule is Cc1nc(NC(C)C)c2cncnc2n1. The number of hydrogen-bond donors (Lipinski definition) is 1. The Kier molecular flexibility index (Phi) is 2.45. The summed E-state index contributed by atoms with van der Waals surface area (Å²) in [5.74, 6) is 1.51. The molecule has 0 fully saturated rings. The van der Waals surface area contributed by atoms with Crippen LogP contribution in [0, 0.1) is 6.92 Å². The van der Waals surface area contributed by atoms with Crippen molar-refractivity contribution in [2.45, 2.75) is 26.8 Å². The van der Waals surface area contributed by atoms with Crippen LogP contribution < -0.4 is 5.32 Å². The number of rotatable bonds is 2. The minimum Gasteiger partial charge on any atom is -0.367 e. The zero-order valence-corrected chi connectivity index (χ0v) is 9.02. The minimum atomic E-state index is 0.322. The molecule has 0 unspecified atom stereocenters. The Hall–Kier alpha value is -1.78. The van der Waals surface area contributed by atoms with Crippen LogP contribution >= 0.6 is 0 Å². The van der Waals surface area contributed by atoms with Gasteiger partial charge in [0.25, 0.3) is 0 Å².